The smallest absolute Gasteiger partial charge is 0.225 e. The number of anilines is 2. The van der Waals surface area contributed by atoms with Crippen molar-refractivity contribution in [3.8, 4) is 11.5 Å². The molecule has 29 heavy (non-hydrogen) atoms. The van der Waals surface area contributed by atoms with Gasteiger partial charge in [0.15, 0.2) is 11.6 Å². The first-order valence-corrected chi connectivity index (χ1v) is 10.1. The summed E-state index contributed by atoms with van der Waals surface area (Å²) in [4.78, 5) is 13.8. The Kier molecular flexibility index (Phi) is 6.12. The van der Waals surface area contributed by atoms with E-state index in [0.717, 1.165) is 32.0 Å². The van der Waals surface area contributed by atoms with Crippen molar-refractivity contribution in [3.63, 3.8) is 0 Å². The van der Waals surface area contributed by atoms with Crippen molar-refractivity contribution < 1.29 is 4.74 Å². The number of nitrogens with one attached hydrogen (secondary N) is 1. The number of hydrogen-bond donors (Lipinski definition) is 1. The van der Waals surface area contributed by atoms with Gasteiger partial charge in [0.1, 0.15) is 5.75 Å². The highest BCUT2D eigenvalue weighted by Crippen LogP contribution is 2.32. The van der Waals surface area contributed by atoms with Crippen LogP contribution < -0.4 is 15.0 Å². The third-order valence-corrected chi connectivity index (χ3v) is 5.13. The van der Waals surface area contributed by atoms with Crippen LogP contribution in [0.3, 0.4) is 0 Å². The highest BCUT2D eigenvalue weighted by molar-refractivity contribution is 6.30. The van der Waals surface area contributed by atoms with Crippen molar-refractivity contribution in [3.05, 3.63) is 71.4 Å². The first-order valence-electron chi connectivity index (χ1n) is 9.69. The summed E-state index contributed by atoms with van der Waals surface area (Å²) in [5.41, 5.74) is 1.18. The van der Waals surface area contributed by atoms with Crippen LogP contribution in [0.1, 0.15) is 5.56 Å². The minimum atomic E-state index is 0.589. The number of ether oxygens (including phenoxy) is 1. The van der Waals surface area contributed by atoms with E-state index < -0.39 is 0 Å². The second kappa shape index (κ2) is 9.11. The van der Waals surface area contributed by atoms with Gasteiger partial charge in [0.2, 0.25) is 5.95 Å². The first-order chi connectivity index (χ1) is 14.2. The van der Waals surface area contributed by atoms with Gasteiger partial charge < -0.3 is 19.9 Å². The average molecular weight is 410 g/mol. The maximum absolute atomic E-state index is 6.10. The standard InChI is InChI=1S/C22H24ClN5O/c1-27-11-13-28(14-12-27)21-20(29-19-9-7-18(23)8-10-19)16-25-22(26-21)24-15-17-5-3-2-4-6-17/h2-10,16H,11-15H2,1H3,(H,24,25,26). The van der Waals surface area contributed by atoms with Crippen LogP contribution in [-0.2, 0) is 6.54 Å². The maximum atomic E-state index is 6.10. The zero-order valence-electron chi connectivity index (χ0n) is 16.4. The summed E-state index contributed by atoms with van der Waals surface area (Å²) in [5.74, 6) is 2.74. The van der Waals surface area contributed by atoms with Crippen molar-refractivity contribution in [1.82, 2.24) is 14.9 Å². The molecule has 4 rings (SSSR count). The molecule has 2 aromatic carbocycles. The third-order valence-electron chi connectivity index (χ3n) is 4.87. The minimum Gasteiger partial charge on any atom is -0.452 e. The molecule has 0 saturated carbocycles. The molecule has 0 amide bonds. The lowest BCUT2D eigenvalue weighted by atomic mass is 10.2. The molecule has 0 unspecified atom stereocenters. The van der Waals surface area contributed by atoms with Crippen molar-refractivity contribution in [1.29, 1.82) is 0 Å². The van der Waals surface area contributed by atoms with Gasteiger partial charge in [-0.15, -0.1) is 0 Å². The molecule has 1 fully saturated rings. The Morgan fingerprint density at radius 3 is 2.45 bits per heavy atom. The number of piperazine rings is 1. The van der Waals surface area contributed by atoms with Crippen molar-refractivity contribution in [2.45, 2.75) is 6.54 Å². The molecule has 2 heterocycles. The van der Waals surface area contributed by atoms with E-state index in [9.17, 15) is 0 Å². The van der Waals surface area contributed by atoms with Crippen LogP contribution in [0.4, 0.5) is 11.8 Å². The third kappa shape index (κ3) is 5.16. The van der Waals surface area contributed by atoms with Gasteiger partial charge in [-0.3, -0.25) is 0 Å². The van der Waals surface area contributed by atoms with E-state index in [1.165, 1.54) is 5.56 Å². The van der Waals surface area contributed by atoms with E-state index in [-0.39, 0.29) is 0 Å². The largest absolute Gasteiger partial charge is 0.452 e. The predicted octanol–water partition coefficient (Wildman–Crippen LogP) is 4.29. The fraction of sp³-hybridized carbons (Fsp3) is 0.273. The lowest BCUT2D eigenvalue weighted by Gasteiger charge is -2.33. The van der Waals surface area contributed by atoms with Gasteiger partial charge in [0.25, 0.3) is 0 Å². The molecule has 6 nitrogen and oxygen atoms in total. The van der Waals surface area contributed by atoms with E-state index in [1.807, 2.05) is 42.5 Å². The zero-order valence-corrected chi connectivity index (χ0v) is 17.1. The van der Waals surface area contributed by atoms with Gasteiger partial charge in [-0.2, -0.15) is 4.98 Å². The summed E-state index contributed by atoms with van der Waals surface area (Å²) in [6.45, 7) is 4.42. The Hall–Kier alpha value is -2.83. The fourth-order valence-corrected chi connectivity index (χ4v) is 3.30. The van der Waals surface area contributed by atoms with Crippen LogP contribution in [-0.4, -0.2) is 48.1 Å². The minimum absolute atomic E-state index is 0.589. The number of nitrogens with zero attached hydrogens (tertiary/aromatic N) is 4. The summed E-state index contributed by atoms with van der Waals surface area (Å²) in [6.07, 6.45) is 1.74. The molecule has 7 heteroatoms. The summed E-state index contributed by atoms with van der Waals surface area (Å²) >= 11 is 5.99. The van der Waals surface area contributed by atoms with Gasteiger partial charge in [0, 0.05) is 37.7 Å². The molecular weight excluding hydrogens is 386 g/mol. The molecule has 1 N–H and O–H groups in total. The van der Waals surface area contributed by atoms with E-state index in [0.29, 0.717) is 29.0 Å². The number of likely N-dealkylation sites (N-methyl/N-ethyl adjacent to an activating group) is 1. The number of rotatable bonds is 6. The van der Waals surface area contributed by atoms with Gasteiger partial charge in [-0.1, -0.05) is 41.9 Å². The molecule has 0 bridgehead atoms. The molecule has 1 aliphatic heterocycles. The number of benzene rings is 2. The Balaban J connectivity index is 1.56. The number of hydrogen-bond acceptors (Lipinski definition) is 6. The second-order valence-corrected chi connectivity index (χ2v) is 7.50. The van der Waals surface area contributed by atoms with Gasteiger partial charge in [-0.25, -0.2) is 4.98 Å². The quantitative estimate of drug-likeness (QED) is 0.655. The van der Waals surface area contributed by atoms with Crippen LogP contribution in [0.2, 0.25) is 5.02 Å². The van der Waals surface area contributed by atoms with Crippen LogP contribution in [0.5, 0.6) is 11.5 Å². The van der Waals surface area contributed by atoms with Crippen LogP contribution >= 0.6 is 11.6 Å². The summed E-state index contributed by atoms with van der Waals surface area (Å²) < 4.78 is 6.10. The van der Waals surface area contributed by atoms with Crippen LogP contribution in [0, 0.1) is 0 Å². The van der Waals surface area contributed by atoms with Gasteiger partial charge >= 0.3 is 0 Å². The number of aromatic nitrogens is 2. The van der Waals surface area contributed by atoms with E-state index in [1.54, 1.807) is 6.20 Å². The highest BCUT2D eigenvalue weighted by atomic mass is 35.5. The Morgan fingerprint density at radius 1 is 1.00 bits per heavy atom. The maximum Gasteiger partial charge on any atom is 0.225 e. The summed E-state index contributed by atoms with van der Waals surface area (Å²) in [6, 6.07) is 17.5. The Labute approximate surface area is 176 Å². The van der Waals surface area contributed by atoms with Gasteiger partial charge in [0.05, 0.1) is 6.20 Å². The first kappa shape index (κ1) is 19.5. The van der Waals surface area contributed by atoms with Crippen molar-refractivity contribution in [2.75, 3.05) is 43.4 Å². The Bertz CT molecular complexity index is 928. The highest BCUT2D eigenvalue weighted by Gasteiger charge is 2.21. The lowest BCUT2D eigenvalue weighted by molar-refractivity contribution is 0.310. The summed E-state index contributed by atoms with van der Waals surface area (Å²) in [5, 5.41) is 3.99. The molecule has 0 atom stereocenters. The summed E-state index contributed by atoms with van der Waals surface area (Å²) in [7, 11) is 2.13. The molecular formula is C22H24ClN5O. The van der Waals surface area contributed by atoms with E-state index in [4.69, 9.17) is 21.3 Å². The molecule has 1 aliphatic rings. The molecule has 0 spiro atoms. The molecule has 150 valence electrons. The molecule has 1 saturated heterocycles. The fourth-order valence-electron chi connectivity index (χ4n) is 3.17. The second-order valence-electron chi connectivity index (χ2n) is 7.07. The normalized spacial score (nSPS) is 14.6. The van der Waals surface area contributed by atoms with Crippen LogP contribution in [0.25, 0.3) is 0 Å². The molecule has 1 aromatic heterocycles. The van der Waals surface area contributed by atoms with Gasteiger partial charge in [-0.05, 0) is 36.9 Å². The van der Waals surface area contributed by atoms with Crippen molar-refractivity contribution in [2.24, 2.45) is 0 Å². The number of halogens is 1. The Morgan fingerprint density at radius 2 is 1.72 bits per heavy atom. The zero-order chi connectivity index (χ0) is 20.1. The molecule has 0 aliphatic carbocycles. The topological polar surface area (TPSA) is 53.5 Å². The predicted molar refractivity (Wildman–Crippen MR) is 117 cm³/mol. The average Bonchev–Trinajstić information content (AvgIpc) is 2.76. The monoisotopic (exact) mass is 409 g/mol. The lowest BCUT2D eigenvalue weighted by Crippen LogP contribution is -2.45. The SMILES string of the molecule is CN1CCN(c2nc(NCc3ccccc3)ncc2Oc2ccc(Cl)cc2)CC1. The van der Waals surface area contributed by atoms with Crippen molar-refractivity contribution >= 4 is 23.4 Å². The molecule has 3 aromatic rings. The van der Waals surface area contributed by atoms with E-state index in [2.05, 4.69) is 39.3 Å². The van der Waals surface area contributed by atoms with Crippen LogP contribution in [0.15, 0.2) is 60.8 Å². The van der Waals surface area contributed by atoms with E-state index >= 15 is 0 Å². The molecule has 0 radical (unpaired) electrons.